The monoisotopic (exact) mass is 393 g/mol. The fourth-order valence-corrected chi connectivity index (χ4v) is 3.82. The largest absolute Gasteiger partial charge is 0.492 e. The first kappa shape index (κ1) is 18.7. The Morgan fingerprint density at radius 1 is 1.29 bits per heavy atom. The van der Waals surface area contributed by atoms with Gasteiger partial charge >= 0.3 is 5.97 Å². The minimum Gasteiger partial charge on any atom is -0.492 e. The van der Waals surface area contributed by atoms with Gasteiger partial charge in [-0.2, -0.15) is 0 Å². The van der Waals surface area contributed by atoms with Crippen LogP contribution in [0.3, 0.4) is 0 Å². The van der Waals surface area contributed by atoms with E-state index in [1.165, 1.54) is 11.7 Å². The average Bonchev–Trinajstić information content (AvgIpc) is 3.38. The highest BCUT2D eigenvalue weighted by atomic mass is 19.1. The summed E-state index contributed by atoms with van der Waals surface area (Å²) in [6.07, 6.45) is 0.210. The number of pyridine rings is 1. The highest BCUT2D eigenvalue weighted by Crippen LogP contribution is 2.45. The second-order valence-corrected chi connectivity index (χ2v) is 7.33. The number of carboxylic acid groups (broad SMARTS) is 1. The third-order valence-corrected chi connectivity index (χ3v) is 5.49. The Morgan fingerprint density at radius 2 is 1.93 bits per heavy atom. The second kappa shape index (κ2) is 6.73. The zero-order valence-electron chi connectivity index (χ0n) is 15.6. The number of hydrogen-bond acceptors (Lipinski definition) is 5. The molecule has 150 valence electrons. The number of halogens is 2. The van der Waals surface area contributed by atoms with E-state index in [1.807, 2.05) is 11.9 Å². The zero-order chi connectivity index (χ0) is 20.2. The molecule has 1 aromatic carbocycles. The number of nitrogens with zero attached hydrogens (tertiary/aromatic N) is 3. The molecule has 1 N–H and O–H groups in total. The SMILES string of the molecule is COc1c(N2CCN(C)CC2)c(F)cc2c(=O)c(C(=O)O)cn([C@@H]3C[C@@H]3F)c12. The third-order valence-electron chi connectivity index (χ3n) is 5.49. The Balaban J connectivity index is 2.01. The zero-order valence-corrected chi connectivity index (χ0v) is 15.6. The van der Waals surface area contributed by atoms with Crippen LogP contribution in [-0.4, -0.2) is 67.1 Å². The van der Waals surface area contributed by atoms with Crippen molar-refractivity contribution in [2.45, 2.75) is 18.6 Å². The summed E-state index contributed by atoms with van der Waals surface area (Å²) < 4.78 is 35.9. The van der Waals surface area contributed by atoms with Gasteiger partial charge in [0.25, 0.3) is 0 Å². The molecule has 2 heterocycles. The van der Waals surface area contributed by atoms with Crippen LogP contribution >= 0.6 is 0 Å². The number of benzene rings is 1. The lowest BCUT2D eigenvalue weighted by Crippen LogP contribution is -2.45. The minimum absolute atomic E-state index is 0.119. The number of likely N-dealkylation sites (N-methyl/N-ethyl adjacent to an activating group) is 1. The number of methoxy groups -OCH3 is 1. The number of aromatic nitrogens is 1. The Labute approximate surface area is 159 Å². The lowest BCUT2D eigenvalue weighted by Gasteiger charge is -2.35. The van der Waals surface area contributed by atoms with E-state index in [0.717, 1.165) is 25.4 Å². The Morgan fingerprint density at radius 3 is 2.46 bits per heavy atom. The van der Waals surface area contributed by atoms with Gasteiger partial charge in [0, 0.05) is 38.8 Å². The summed E-state index contributed by atoms with van der Waals surface area (Å²) in [7, 11) is 3.35. The maximum atomic E-state index is 15.1. The predicted octanol–water partition coefficient (Wildman–Crippen LogP) is 1.88. The van der Waals surface area contributed by atoms with Crippen molar-refractivity contribution < 1.29 is 23.4 Å². The molecule has 0 radical (unpaired) electrons. The Kier molecular flexibility index (Phi) is 4.49. The number of carboxylic acids is 1. The van der Waals surface area contributed by atoms with Crippen molar-refractivity contribution in [2.75, 3.05) is 45.2 Å². The minimum atomic E-state index is -1.43. The summed E-state index contributed by atoms with van der Waals surface area (Å²) in [6.45, 7) is 2.62. The summed E-state index contributed by atoms with van der Waals surface area (Å²) >= 11 is 0. The number of alkyl halides is 1. The van der Waals surface area contributed by atoms with E-state index >= 15 is 4.39 Å². The highest BCUT2D eigenvalue weighted by molar-refractivity contribution is 5.97. The van der Waals surface area contributed by atoms with Crippen molar-refractivity contribution in [3.8, 4) is 5.75 Å². The summed E-state index contributed by atoms with van der Waals surface area (Å²) in [5.41, 5.74) is -0.870. The van der Waals surface area contributed by atoms with Crippen LogP contribution in [0.1, 0.15) is 22.8 Å². The predicted molar refractivity (Wildman–Crippen MR) is 99.9 cm³/mol. The van der Waals surface area contributed by atoms with Crippen LogP contribution in [0.2, 0.25) is 0 Å². The lowest BCUT2D eigenvalue weighted by molar-refractivity contribution is 0.0694. The van der Waals surface area contributed by atoms with Crippen LogP contribution in [0.4, 0.5) is 14.5 Å². The summed E-state index contributed by atoms with van der Waals surface area (Å²) in [6, 6.07) is 0.452. The molecule has 0 amide bonds. The van der Waals surface area contributed by atoms with E-state index in [0.29, 0.717) is 13.1 Å². The molecule has 1 aliphatic carbocycles. The molecule has 0 unspecified atom stereocenters. The molecule has 9 heteroatoms. The number of aromatic carboxylic acids is 1. The molecule has 2 aliphatic rings. The summed E-state index contributed by atoms with van der Waals surface area (Å²) in [4.78, 5) is 28.1. The maximum absolute atomic E-state index is 15.1. The van der Waals surface area contributed by atoms with E-state index in [9.17, 15) is 19.1 Å². The van der Waals surface area contributed by atoms with Crippen LogP contribution in [0, 0.1) is 5.82 Å². The van der Waals surface area contributed by atoms with Gasteiger partial charge in [-0.3, -0.25) is 4.79 Å². The van der Waals surface area contributed by atoms with Crippen molar-refractivity contribution in [2.24, 2.45) is 0 Å². The standard InChI is InChI=1S/C19H21F2N3O4/c1-22-3-5-23(6-4-22)16-13(21)7-10-15(18(16)28-2)24(14-8-12(14)20)9-11(17(10)25)19(26)27/h7,9,12,14H,3-6,8H2,1-2H3,(H,26,27)/t12-,14+/m0/s1. The topological polar surface area (TPSA) is 75.0 Å². The van der Waals surface area contributed by atoms with Crippen molar-refractivity contribution in [1.29, 1.82) is 0 Å². The van der Waals surface area contributed by atoms with E-state index in [2.05, 4.69) is 4.90 Å². The van der Waals surface area contributed by atoms with Gasteiger partial charge in [-0.25, -0.2) is 13.6 Å². The van der Waals surface area contributed by atoms with Crippen LogP contribution in [0.25, 0.3) is 10.9 Å². The van der Waals surface area contributed by atoms with Crippen molar-refractivity contribution in [3.05, 3.63) is 33.9 Å². The molecule has 2 aromatic rings. The van der Waals surface area contributed by atoms with Crippen molar-refractivity contribution in [3.63, 3.8) is 0 Å². The molecular weight excluding hydrogens is 372 g/mol. The molecule has 0 bridgehead atoms. The van der Waals surface area contributed by atoms with Gasteiger partial charge in [0.1, 0.15) is 17.4 Å². The molecule has 28 heavy (non-hydrogen) atoms. The van der Waals surface area contributed by atoms with Crippen LogP contribution in [0.15, 0.2) is 17.1 Å². The lowest BCUT2D eigenvalue weighted by atomic mass is 10.1. The smallest absolute Gasteiger partial charge is 0.341 e. The molecule has 4 rings (SSSR count). The molecular formula is C19H21F2N3O4. The fraction of sp³-hybridized carbons (Fsp3) is 0.474. The van der Waals surface area contributed by atoms with Gasteiger partial charge in [-0.05, 0) is 13.1 Å². The molecule has 1 saturated heterocycles. The number of hydrogen-bond donors (Lipinski definition) is 1. The number of ether oxygens (including phenoxy) is 1. The maximum Gasteiger partial charge on any atom is 0.341 e. The molecule has 7 nitrogen and oxygen atoms in total. The number of anilines is 1. The Hall–Kier alpha value is -2.68. The number of fused-ring (bicyclic) bond motifs is 1. The van der Waals surface area contributed by atoms with Gasteiger partial charge in [-0.15, -0.1) is 0 Å². The number of rotatable bonds is 4. The summed E-state index contributed by atoms with van der Waals surface area (Å²) in [5, 5.41) is 9.23. The molecule has 1 aliphatic heterocycles. The van der Waals surface area contributed by atoms with Crippen LogP contribution in [-0.2, 0) is 0 Å². The van der Waals surface area contributed by atoms with Gasteiger partial charge in [-0.1, -0.05) is 0 Å². The van der Waals surface area contributed by atoms with Crippen molar-refractivity contribution in [1.82, 2.24) is 9.47 Å². The first-order valence-corrected chi connectivity index (χ1v) is 9.09. The first-order valence-electron chi connectivity index (χ1n) is 9.09. The third kappa shape index (κ3) is 2.90. The van der Waals surface area contributed by atoms with Gasteiger partial charge in [0.05, 0.1) is 24.1 Å². The molecule has 0 spiro atoms. The van der Waals surface area contributed by atoms with E-state index < -0.39 is 35.0 Å². The normalized spacial score (nSPS) is 22.5. The fourth-order valence-electron chi connectivity index (χ4n) is 3.82. The van der Waals surface area contributed by atoms with E-state index in [4.69, 9.17) is 4.74 Å². The molecule has 2 fully saturated rings. The van der Waals surface area contributed by atoms with Gasteiger partial charge in [0.15, 0.2) is 11.6 Å². The molecule has 1 aromatic heterocycles. The molecule has 1 saturated carbocycles. The van der Waals surface area contributed by atoms with Gasteiger partial charge in [0.2, 0.25) is 5.43 Å². The first-order chi connectivity index (χ1) is 13.3. The Bertz CT molecular complexity index is 1010. The van der Waals surface area contributed by atoms with Gasteiger partial charge < -0.3 is 24.2 Å². The highest BCUT2D eigenvalue weighted by Gasteiger charge is 2.41. The second-order valence-electron chi connectivity index (χ2n) is 7.33. The molecule has 2 atom stereocenters. The quantitative estimate of drug-likeness (QED) is 0.855. The van der Waals surface area contributed by atoms with Crippen LogP contribution in [0.5, 0.6) is 5.75 Å². The number of carbonyl (C=O) groups is 1. The van der Waals surface area contributed by atoms with Crippen molar-refractivity contribution >= 4 is 22.6 Å². The van der Waals surface area contributed by atoms with E-state index in [1.54, 1.807) is 0 Å². The number of piperazine rings is 1. The van der Waals surface area contributed by atoms with Crippen LogP contribution < -0.4 is 15.1 Å². The summed E-state index contributed by atoms with van der Waals surface area (Å²) in [5.74, 6) is -1.96. The van der Waals surface area contributed by atoms with E-state index in [-0.39, 0.29) is 28.8 Å². The average molecular weight is 393 g/mol.